The monoisotopic (exact) mass is 269 g/mol. The summed E-state index contributed by atoms with van der Waals surface area (Å²) < 4.78 is 1.84. The van der Waals surface area contributed by atoms with Crippen molar-refractivity contribution in [1.82, 2.24) is 14.7 Å². The summed E-state index contributed by atoms with van der Waals surface area (Å²) in [6.07, 6.45) is 7.10. The van der Waals surface area contributed by atoms with Gasteiger partial charge in [0.1, 0.15) is 0 Å². The predicted molar refractivity (Wildman–Crippen MR) is 77.4 cm³/mol. The lowest BCUT2D eigenvalue weighted by molar-refractivity contribution is -0.137. The summed E-state index contributed by atoms with van der Waals surface area (Å²) in [6, 6.07) is 9.99. The number of carbonyl (C=O) groups excluding carboxylic acids is 1. The molecular weight excluding hydrogens is 250 g/mol. The minimum absolute atomic E-state index is 0.254. The van der Waals surface area contributed by atoms with Gasteiger partial charge in [0.2, 0.25) is 5.91 Å². The average Bonchev–Trinajstić information content (AvgIpc) is 2.86. The third-order valence-corrected chi connectivity index (χ3v) is 3.91. The molecule has 1 aliphatic carbocycles. The Morgan fingerprint density at radius 1 is 1.35 bits per heavy atom. The molecule has 1 fully saturated rings. The maximum atomic E-state index is 12.1. The van der Waals surface area contributed by atoms with E-state index in [0.717, 1.165) is 24.1 Å². The van der Waals surface area contributed by atoms with Gasteiger partial charge in [0, 0.05) is 31.3 Å². The van der Waals surface area contributed by atoms with Crippen molar-refractivity contribution in [3.8, 4) is 5.69 Å². The molecule has 1 heterocycles. The van der Waals surface area contributed by atoms with Crippen molar-refractivity contribution in [3.63, 3.8) is 0 Å². The normalized spacial score (nSPS) is 14.8. The first kappa shape index (κ1) is 12.9. The second-order valence-corrected chi connectivity index (χ2v) is 5.45. The highest BCUT2D eigenvalue weighted by Gasteiger charge is 2.27. The molecule has 3 rings (SSSR count). The molecule has 0 spiro atoms. The fourth-order valence-electron chi connectivity index (χ4n) is 2.48. The Balaban J connectivity index is 1.66. The van der Waals surface area contributed by atoms with Crippen LogP contribution in [0.5, 0.6) is 0 Å². The van der Waals surface area contributed by atoms with Crippen LogP contribution in [0.4, 0.5) is 0 Å². The molecule has 4 heteroatoms. The van der Waals surface area contributed by atoms with Gasteiger partial charge in [0.15, 0.2) is 0 Å². The van der Waals surface area contributed by atoms with E-state index in [1.165, 1.54) is 6.42 Å². The van der Waals surface area contributed by atoms with Gasteiger partial charge in [-0.25, -0.2) is 4.68 Å². The quantitative estimate of drug-likeness (QED) is 0.855. The molecule has 0 bridgehead atoms. The summed E-state index contributed by atoms with van der Waals surface area (Å²) in [5.74, 6) is 0.521. The van der Waals surface area contributed by atoms with E-state index in [-0.39, 0.29) is 11.8 Å². The van der Waals surface area contributed by atoms with Gasteiger partial charge in [-0.3, -0.25) is 4.79 Å². The molecule has 0 unspecified atom stereocenters. The lowest BCUT2D eigenvalue weighted by atomic mass is 9.84. The highest BCUT2D eigenvalue weighted by atomic mass is 16.2. The van der Waals surface area contributed by atoms with Crippen LogP contribution in [0, 0.1) is 5.92 Å². The Kier molecular flexibility index (Phi) is 3.54. The summed E-state index contributed by atoms with van der Waals surface area (Å²) in [4.78, 5) is 13.9. The van der Waals surface area contributed by atoms with Gasteiger partial charge in [-0.15, -0.1) is 0 Å². The number of carbonyl (C=O) groups is 1. The van der Waals surface area contributed by atoms with Crippen LogP contribution in [0.25, 0.3) is 5.69 Å². The van der Waals surface area contributed by atoms with E-state index >= 15 is 0 Å². The number of para-hydroxylation sites is 1. The average molecular weight is 269 g/mol. The van der Waals surface area contributed by atoms with Crippen molar-refractivity contribution in [2.45, 2.75) is 25.8 Å². The summed E-state index contributed by atoms with van der Waals surface area (Å²) in [5, 5.41) is 4.36. The van der Waals surface area contributed by atoms with Crippen molar-refractivity contribution in [3.05, 3.63) is 48.3 Å². The molecule has 0 atom stereocenters. The lowest BCUT2D eigenvalue weighted by Crippen LogP contribution is -2.35. The molecule has 2 aromatic rings. The van der Waals surface area contributed by atoms with Crippen molar-refractivity contribution in [1.29, 1.82) is 0 Å². The van der Waals surface area contributed by atoms with Crippen molar-refractivity contribution in [2.24, 2.45) is 5.92 Å². The van der Waals surface area contributed by atoms with Gasteiger partial charge in [-0.05, 0) is 25.0 Å². The maximum Gasteiger partial charge on any atom is 0.225 e. The molecule has 1 aromatic carbocycles. The fraction of sp³-hybridized carbons (Fsp3) is 0.375. The van der Waals surface area contributed by atoms with Crippen LogP contribution in [0.3, 0.4) is 0 Å². The summed E-state index contributed by atoms with van der Waals surface area (Å²) in [5.41, 5.74) is 2.09. The zero-order chi connectivity index (χ0) is 13.9. The smallest absolute Gasteiger partial charge is 0.225 e. The first-order valence-corrected chi connectivity index (χ1v) is 7.08. The third-order valence-electron chi connectivity index (χ3n) is 3.91. The topological polar surface area (TPSA) is 38.1 Å². The number of hydrogen-bond acceptors (Lipinski definition) is 2. The molecule has 1 aliphatic rings. The number of rotatable bonds is 4. The number of nitrogens with zero attached hydrogens (tertiary/aromatic N) is 3. The lowest BCUT2D eigenvalue weighted by Gasteiger charge is -2.28. The third kappa shape index (κ3) is 2.59. The Labute approximate surface area is 119 Å². The Bertz CT molecular complexity index is 587. The Hall–Kier alpha value is -2.10. The maximum absolute atomic E-state index is 12.1. The van der Waals surface area contributed by atoms with E-state index in [1.54, 1.807) is 0 Å². The second kappa shape index (κ2) is 5.49. The van der Waals surface area contributed by atoms with Crippen molar-refractivity contribution >= 4 is 5.91 Å². The van der Waals surface area contributed by atoms with Gasteiger partial charge in [-0.1, -0.05) is 24.6 Å². The van der Waals surface area contributed by atoms with Gasteiger partial charge >= 0.3 is 0 Å². The highest BCUT2D eigenvalue weighted by molar-refractivity contribution is 5.79. The molecule has 1 amide bonds. The summed E-state index contributed by atoms with van der Waals surface area (Å²) in [7, 11) is 1.88. The van der Waals surface area contributed by atoms with Crippen LogP contribution >= 0.6 is 0 Å². The van der Waals surface area contributed by atoms with Crippen LogP contribution in [0.15, 0.2) is 42.7 Å². The molecule has 0 saturated heterocycles. The number of benzene rings is 1. The second-order valence-electron chi connectivity index (χ2n) is 5.45. The number of aromatic nitrogens is 2. The molecule has 0 radical (unpaired) electrons. The van der Waals surface area contributed by atoms with Crippen LogP contribution in [-0.2, 0) is 11.3 Å². The molecule has 0 N–H and O–H groups in total. The molecule has 1 aromatic heterocycles. The van der Waals surface area contributed by atoms with Gasteiger partial charge in [0.25, 0.3) is 0 Å². The van der Waals surface area contributed by atoms with Crippen LogP contribution < -0.4 is 0 Å². The molecule has 0 aliphatic heterocycles. The first-order chi connectivity index (χ1) is 9.74. The van der Waals surface area contributed by atoms with Crippen LogP contribution in [0.1, 0.15) is 24.8 Å². The predicted octanol–water partition coefficient (Wildman–Crippen LogP) is 2.63. The van der Waals surface area contributed by atoms with E-state index in [9.17, 15) is 4.79 Å². The largest absolute Gasteiger partial charge is 0.341 e. The van der Waals surface area contributed by atoms with E-state index in [2.05, 4.69) is 5.10 Å². The number of amides is 1. The minimum atomic E-state index is 0.254. The number of hydrogen-bond donors (Lipinski definition) is 0. The summed E-state index contributed by atoms with van der Waals surface area (Å²) in [6.45, 7) is 0.627. The molecule has 1 saturated carbocycles. The molecule has 20 heavy (non-hydrogen) atoms. The molecule has 4 nitrogen and oxygen atoms in total. The Morgan fingerprint density at radius 3 is 2.75 bits per heavy atom. The molecular formula is C16H19N3O. The standard InChI is InChI=1S/C16H19N3O/c1-18(16(20)14-6-5-7-14)11-13-10-17-19(12-13)15-8-3-2-4-9-15/h2-4,8-10,12,14H,5-7,11H2,1H3. The van der Waals surface area contributed by atoms with Crippen molar-refractivity contribution < 1.29 is 4.79 Å². The van der Waals surface area contributed by atoms with Crippen molar-refractivity contribution in [2.75, 3.05) is 7.05 Å². The van der Waals surface area contributed by atoms with Gasteiger partial charge in [-0.2, -0.15) is 5.10 Å². The van der Waals surface area contributed by atoms with E-state index < -0.39 is 0 Å². The van der Waals surface area contributed by atoms with Gasteiger partial charge in [0.05, 0.1) is 11.9 Å². The van der Waals surface area contributed by atoms with E-state index in [4.69, 9.17) is 0 Å². The Morgan fingerprint density at radius 2 is 2.10 bits per heavy atom. The highest BCUT2D eigenvalue weighted by Crippen LogP contribution is 2.28. The van der Waals surface area contributed by atoms with E-state index in [0.29, 0.717) is 6.54 Å². The minimum Gasteiger partial charge on any atom is -0.341 e. The van der Waals surface area contributed by atoms with Crippen LogP contribution in [0.2, 0.25) is 0 Å². The first-order valence-electron chi connectivity index (χ1n) is 7.08. The SMILES string of the molecule is CN(Cc1cnn(-c2ccccc2)c1)C(=O)C1CCC1. The fourth-order valence-corrected chi connectivity index (χ4v) is 2.48. The summed E-state index contributed by atoms with van der Waals surface area (Å²) >= 11 is 0. The zero-order valence-electron chi connectivity index (χ0n) is 11.7. The van der Waals surface area contributed by atoms with E-state index in [1.807, 2.05) is 59.4 Å². The molecule has 104 valence electrons. The van der Waals surface area contributed by atoms with Crippen LogP contribution in [-0.4, -0.2) is 27.6 Å². The zero-order valence-corrected chi connectivity index (χ0v) is 11.7. The van der Waals surface area contributed by atoms with Gasteiger partial charge < -0.3 is 4.90 Å².